The molecule has 0 saturated heterocycles. The van der Waals surface area contributed by atoms with Crippen LogP contribution in [-0.4, -0.2) is 4.57 Å². The molecule has 1 heteroatoms. The third-order valence-corrected chi connectivity index (χ3v) is 3.94. The molecule has 0 unspecified atom stereocenters. The molecule has 0 fully saturated rings. The summed E-state index contributed by atoms with van der Waals surface area (Å²) in [6.45, 7) is 3.87. The Hall–Kier alpha value is -2.80. The Morgan fingerprint density at radius 1 is 0.714 bits per heavy atom. The standard InChI is InChI=1S/C20H15N/c1-2-15-8-7-9-16(14-15)21-19-12-5-3-10-17(19)18-11-4-6-13-20(18)21/h2-14H,1H2. The zero-order valence-corrected chi connectivity index (χ0v) is 11.7. The van der Waals surface area contributed by atoms with Gasteiger partial charge in [-0.2, -0.15) is 0 Å². The van der Waals surface area contributed by atoms with Crippen molar-refractivity contribution in [3.63, 3.8) is 0 Å². The van der Waals surface area contributed by atoms with Crippen molar-refractivity contribution in [2.75, 3.05) is 0 Å². The molecule has 1 aromatic heterocycles. The fraction of sp³-hybridized carbons (Fsp3) is 0. The number of para-hydroxylation sites is 2. The van der Waals surface area contributed by atoms with Gasteiger partial charge in [0.05, 0.1) is 11.0 Å². The lowest BCUT2D eigenvalue weighted by Crippen LogP contribution is -1.93. The van der Waals surface area contributed by atoms with Crippen LogP contribution in [0.1, 0.15) is 5.56 Å². The maximum atomic E-state index is 3.87. The van der Waals surface area contributed by atoms with Gasteiger partial charge in [0.25, 0.3) is 0 Å². The summed E-state index contributed by atoms with van der Waals surface area (Å²) in [4.78, 5) is 0. The summed E-state index contributed by atoms with van der Waals surface area (Å²) in [6, 6.07) is 25.6. The molecule has 100 valence electrons. The molecule has 0 N–H and O–H groups in total. The van der Waals surface area contributed by atoms with Crippen LogP contribution in [0.15, 0.2) is 79.4 Å². The molecule has 1 heterocycles. The van der Waals surface area contributed by atoms with E-state index in [0.29, 0.717) is 0 Å². The second kappa shape index (κ2) is 4.64. The van der Waals surface area contributed by atoms with Gasteiger partial charge in [-0.3, -0.25) is 0 Å². The van der Waals surface area contributed by atoms with Crippen molar-refractivity contribution >= 4 is 27.9 Å². The summed E-state index contributed by atoms with van der Waals surface area (Å²) >= 11 is 0. The molecule has 4 rings (SSSR count). The van der Waals surface area contributed by atoms with Crippen LogP contribution in [0.25, 0.3) is 33.6 Å². The van der Waals surface area contributed by atoms with Gasteiger partial charge in [0, 0.05) is 16.5 Å². The van der Waals surface area contributed by atoms with Crippen LogP contribution in [0.5, 0.6) is 0 Å². The molecule has 21 heavy (non-hydrogen) atoms. The van der Waals surface area contributed by atoms with Crippen LogP contribution in [0.4, 0.5) is 0 Å². The Kier molecular flexibility index (Phi) is 2.65. The molecule has 0 amide bonds. The van der Waals surface area contributed by atoms with Crippen molar-refractivity contribution in [3.05, 3.63) is 84.9 Å². The lowest BCUT2D eigenvalue weighted by atomic mass is 10.2. The van der Waals surface area contributed by atoms with Crippen molar-refractivity contribution in [1.29, 1.82) is 0 Å². The predicted molar refractivity (Wildman–Crippen MR) is 90.9 cm³/mol. The quantitative estimate of drug-likeness (QED) is 0.457. The second-order valence-corrected chi connectivity index (χ2v) is 5.17. The SMILES string of the molecule is C=Cc1cccc(-n2c3ccccc3c3ccccc32)c1. The van der Waals surface area contributed by atoms with Crippen LogP contribution in [0.3, 0.4) is 0 Å². The molecular weight excluding hydrogens is 254 g/mol. The Balaban J connectivity index is 2.17. The topological polar surface area (TPSA) is 4.93 Å². The average molecular weight is 269 g/mol. The normalized spacial score (nSPS) is 11.0. The molecule has 3 aromatic carbocycles. The summed E-state index contributed by atoms with van der Waals surface area (Å²) < 4.78 is 2.32. The first kappa shape index (κ1) is 12.0. The number of fused-ring (bicyclic) bond motifs is 3. The summed E-state index contributed by atoms with van der Waals surface area (Å²) in [6.07, 6.45) is 1.89. The fourth-order valence-electron chi connectivity index (χ4n) is 2.99. The minimum Gasteiger partial charge on any atom is -0.309 e. The van der Waals surface area contributed by atoms with Gasteiger partial charge >= 0.3 is 0 Å². The van der Waals surface area contributed by atoms with Gasteiger partial charge in [-0.25, -0.2) is 0 Å². The maximum Gasteiger partial charge on any atom is 0.0541 e. The number of hydrogen-bond donors (Lipinski definition) is 0. The van der Waals surface area contributed by atoms with Crippen molar-refractivity contribution in [2.24, 2.45) is 0 Å². The second-order valence-electron chi connectivity index (χ2n) is 5.17. The van der Waals surface area contributed by atoms with E-state index < -0.39 is 0 Å². The van der Waals surface area contributed by atoms with Crippen LogP contribution >= 0.6 is 0 Å². The highest BCUT2D eigenvalue weighted by atomic mass is 15.0. The van der Waals surface area contributed by atoms with Crippen molar-refractivity contribution in [2.45, 2.75) is 0 Å². The highest BCUT2D eigenvalue weighted by Gasteiger charge is 2.10. The highest BCUT2D eigenvalue weighted by Crippen LogP contribution is 2.31. The molecule has 0 bridgehead atoms. The van der Waals surface area contributed by atoms with Gasteiger partial charge in [0.1, 0.15) is 0 Å². The number of rotatable bonds is 2. The van der Waals surface area contributed by atoms with Crippen LogP contribution in [0, 0.1) is 0 Å². The zero-order chi connectivity index (χ0) is 14.2. The minimum atomic E-state index is 1.13. The van der Waals surface area contributed by atoms with E-state index in [-0.39, 0.29) is 0 Å². The molecule has 0 radical (unpaired) electrons. The van der Waals surface area contributed by atoms with E-state index in [1.165, 1.54) is 27.5 Å². The molecule has 4 aromatic rings. The Morgan fingerprint density at radius 3 is 1.95 bits per heavy atom. The third-order valence-electron chi connectivity index (χ3n) is 3.94. The molecule has 1 nitrogen and oxygen atoms in total. The van der Waals surface area contributed by atoms with Gasteiger partial charge in [-0.05, 0) is 29.8 Å². The van der Waals surface area contributed by atoms with Crippen molar-refractivity contribution in [1.82, 2.24) is 4.57 Å². The lowest BCUT2D eigenvalue weighted by Gasteiger charge is -2.08. The Labute approximate surface area is 123 Å². The van der Waals surface area contributed by atoms with Crippen LogP contribution in [0.2, 0.25) is 0 Å². The van der Waals surface area contributed by atoms with E-state index in [2.05, 4.69) is 83.9 Å². The van der Waals surface area contributed by atoms with Gasteiger partial charge in [0.2, 0.25) is 0 Å². The molecular formula is C20H15N. The molecule has 0 spiro atoms. The van der Waals surface area contributed by atoms with Gasteiger partial charge < -0.3 is 4.57 Å². The molecule has 0 atom stereocenters. The molecule has 0 saturated carbocycles. The zero-order valence-electron chi connectivity index (χ0n) is 11.7. The van der Waals surface area contributed by atoms with Crippen LogP contribution in [-0.2, 0) is 0 Å². The van der Waals surface area contributed by atoms with Gasteiger partial charge in [0.15, 0.2) is 0 Å². The smallest absolute Gasteiger partial charge is 0.0541 e. The van der Waals surface area contributed by atoms with E-state index in [0.717, 1.165) is 5.56 Å². The van der Waals surface area contributed by atoms with E-state index in [9.17, 15) is 0 Å². The summed E-state index contributed by atoms with van der Waals surface area (Å²) in [5.74, 6) is 0. The van der Waals surface area contributed by atoms with Gasteiger partial charge in [-0.1, -0.05) is 61.2 Å². The first-order valence-corrected chi connectivity index (χ1v) is 7.09. The maximum absolute atomic E-state index is 3.87. The van der Waals surface area contributed by atoms with Crippen molar-refractivity contribution in [3.8, 4) is 5.69 Å². The van der Waals surface area contributed by atoms with E-state index in [1.807, 2.05) is 6.08 Å². The van der Waals surface area contributed by atoms with Crippen LogP contribution < -0.4 is 0 Å². The third kappa shape index (κ3) is 1.78. The van der Waals surface area contributed by atoms with Crippen molar-refractivity contribution < 1.29 is 0 Å². The van der Waals surface area contributed by atoms with E-state index in [1.54, 1.807) is 0 Å². The first-order chi connectivity index (χ1) is 10.4. The summed E-state index contributed by atoms with van der Waals surface area (Å²) in [7, 11) is 0. The molecule has 0 aliphatic rings. The van der Waals surface area contributed by atoms with E-state index >= 15 is 0 Å². The first-order valence-electron chi connectivity index (χ1n) is 7.09. The monoisotopic (exact) mass is 269 g/mol. The largest absolute Gasteiger partial charge is 0.309 e. The number of benzene rings is 3. The average Bonchev–Trinajstić information content (AvgIpc) is 2.89. The fourth-order valence-corrected chi connectivity index (χ4v) is 2.99. The Bertz CT molecular complexity index is 907. The summed E-state index contributed by atoms with van der Waals surface area (Å²) in [5.41, 5.74) is 4.78. The predicted octanol–water partition coefficient (Wildman–Crippen LogP) is 5.43. The molecule has 0 aliphatic heterocycles. The number of aromatic nitrogens is 1. The van der Waals surface area contributed by atoms with Gasteiger partial charge in [-0.15, -0.1) is 0 Å². The molecule has 0 aliphatic carbocycles. The van der Waals surface area contributed by atoms with E-state index in [4.69, 9.17) is 0 Å². The lowest BCUT2D eigenvalue weighted by molar-refractivity contribution is 1.18. The Morgan fingerprint density at radius 2 is 1.33 bits per heavy atom. The summed E-state index contributed by atoms with van der Waals surface area (Å²) in [5, 5.41) is 2.58. The number of hydrogen-bond acceptors (Lipinski definition) is 0. The highest BCUT2D eigenvalue weighted by molar-refractivity contribution is 6.09. The minimum absolute atomic E-state index is 1.13. The number of nitrogens with zero attached hydrogens (tertiary/aromatic N) is 1.